The van der Waals surface area contributed by atoms with E-state index in [1.54, 1.807) is 36.2 Å². The van der Waals surface area contributed by atoms with E-state index in [2.05, 4.69) is 9.72 Å². The molecule has 1 aromatic carbocycles. The average molecular weight is 398 g/mol. The Labute approximate surface area is 157 Å². The minimum absolute atomic E-state index is 0.188. The molecule has 0 bridgehead atoms. The fraction of sp³-hybridized carbons (Fsp3) is 0.222. The maximum Gasteiger partial charge on any atom is 0.573 e. The summed E-state index contributed by atoms with van der Waals surface area (Å²) >= 11 is 5.88. The molecule has 27 heavy (non-hydrogen) atoms. The van der Waals surface area contributed by atoms with Gasteiger partial charge in [0.25, 0.3) is 5.56 Å². The van der Waals surface area contributed by atoms with Gasteiger partial charge < -0.3 is 4.74 Å². The lowest BCUT2D eigenvalue weighted by atomic mass is 10.2. The van der Waals surface area contributed by atoms with E-state index in [0.717, 1.165) is 0 Å². The lowest BCUT2D eigenvalue weighted by Crippen LogP contribution is -2.23. The summed E-state index contributed by atoms with van der Waals surface area (Å²) in [5.74, 6) is -0.252. The van der Waals surface area contributed by atoms with Crippen molar-refractivity contribution in [3.8, 4) is 5.75 Å². The number of nitrogens with zero attached hydrogens (tertiary/aromatic N) is 3. The van der Waals surface area contributed by atoms with E-state index in [9.17, 15) is 18.0 Å². The van der Waals surface area contributed by atoms with Crippen molar-refractivity contribution in [3.63, 3.8) is 0 Å². The summed E-state index contributed by atoms with van der Waals surface area (Å²) in [6.45, 7) is 0.461. The Morgan fingerprint density at radius 3 is 2.67 bits per heavy atom. The van der Waals surface area contributed by atoms with Crippen LogP contribution in [0.2, 0.25) is 5.02 Å². The molecule has 0 N–H and O–H groups in total. The summed E-state index contributed by atoms with van der Waals surface area (Å²) < 4.78 is 43.0. The maximum absolute atomic E-state index is 12.5. The molecule has 9 heteroatoms. The second-order valence-corrected chi connectivity index (χ2v) is 6.43. The Hall–Kier alpha value is -2.58. The highest BCUT2D eigenvalue weighted by Gasteiger charge is 2.32. The van der Waals surface area contributed by atoms with E-state index in [4.69, 9.17) is 11.6 Å². The number of para-hydroxylation sites is 1. The summed E-state index contributed by atoms with van der Waals surface area (Å²) in [5.41, 5.74) is 1.03. The van der Waals surface area contributed by atoms with Crippen molar-refractivity contribution in [2.45, 2.75) is 19.5 Å². The number of pyridine rings is 1. The first kappa shape index (κ1) is 19.2. The molecule has 5 nitrogen and oxygen atoms in total. The number of hydrogen-bond acceptors (Lipinski definition) is 4. The second kappa shape index (κ2) is 7.58. The van der Waals surface area contributed by atoms with Crippen LogP contribution in [0.4, 0.5) is 13.2 Å². The monoisotopic (exact) mass is 397 g/mol. The van der Waals surface area contributed by atoms with Gasteiger partial charge in [0.1, 0.15) is 11.4 Å². The summed E-state index contributed by atoms with van der Waals surface area (Å²) in [5, 5.41) is 0.414. The number of benzene rings is 1. The molecular weight excluding hydrogens is 383 g/mol. The van der Waals surface area contributed by atoms with Crippen LogP contribution in [0.5, 0.6) is 5.75 Å². The number of fused-ring (bicyclic) bond motifs is 1. The SMILES string of the molecule is CN(Cc1cc(=O)n2cc(Cl)ccc2n1)Cc1ccccc1OC(F)(F)F. The van der Waals surface area contributed by atoms with Gasteiger partial charge in [-0.3, -0.25) is 14.1 Å². The third-order valence-corrected chi connectivity index (χ3v) is 3.97. The molecule has 142 valence electrons. The highest BCUT2D eigenvalue weighted by Crippen LogP contribution is 2.27. The third-order valence-electron chi connectivity index (χ3n) is 3.75. The topological polar surface area (TPSA) is 46.8 Å². The van der Waals surface area contributed by atoms with Crippen LogP contribution in [0.3, 0.4) is 0 Å². The predicted octanol–water partition coefficient (Wildman–Crippen LogP) is 3.88. The number of aromatic nitrogens is 2. The number of ether oxygens (including phenoxy) is 1. The Morgan fingerprint density at radius 2 is 1.93 bits per heavy atom. The highest BCUT2D eigenvalue weighted by molar-refractivity contribution is 6.30. The van der Waals surface area contributed by atoms with Gasteiger partial charge in [0.2, 0.25) is 0 Å². The van der Waals surface area contributed by atoms with Crippen molar-refractivity contribution in [2.75, 3.05) is 7.05 Å². The van der Waals surface area contributed by atoms with Crippen LogP contribution in [0.1, 0.15) is 11.3 Å². The van der Waals surface area contributed by atoms with E-state index in [1.807, 2.05) is 0 Å². The van der Waals surface area contributed by atoms with Crippen molar-refractivity contribution >= 4 is 17.2 Å². The lowest BCUT2D eigenvalue weighted by Gasteiger charge is -2.19. The van der Waals surface area contributed by atoms with Gasteiger partial charge in [-0.1, -0.05) is 29.8 Å². The van der Waals surface area contributed by atoms with Gasteiger partial charge >= 0.3 is 6.36 Å². The summed E-state index contributed by atoms with van der Waals surface area (Å²) in [6.07, 6.45) is -3.28. The minimum atomic E-state index is -4.76. The largest absolute Gasteiger partial charge is 0.573 e. The van der Waals surface area contributed by atoms with Gasteiger partial charge in [-0.15, -0.1) is 13.2 Å². The van der Waals surface area contributed by atoms with Crippen molar-refractivity contribution in [3.05, 3.63) is 75.3 Å². The van der Waals surface area contributed by atoms with E-state index in [0.29, 0.717) is 21.9 Å². The number of alkyl halides is 3. The first-order chi connectivity index (χ1) is 12.7. The smallest absolute Gasteiger partial charge is 0.405 e. The van der Waals surface area contributed by atoms with Crippen LogP contribution in [-0.4, -0.2) is 27.7 Å². The van der Waals surface area contributed by atoms with Crippen molar-refractivity contribution in [1.82, 2.24) is 14.3 Å². The van der Waals surface area contributed by atoms with Crippen LogP contribution < -0.4 is 10.3 Å². The molecule has 3 rings (SSSR count). The lowest BCUT2D eigenvalue weighted by molar-refractivity contribution is -0.275. The molecule has 0 spiro atoms. The molecule has 0 radical (unpaired) electrons. The third kappa shape index (κ3) is 4.99. The second-order valence-electron chi connectivity index (χ2n) is 5.99. The quantitative estimate of drug-likeness (QED) is 0.655. The zero-order valence-electron chi connectivity index (χ0n) is 14.2. The van der Waals surface area contributed by atoms with Gasteiger partial charge in [0.05, 0.1) is 10.7 Å². The zero-order valence-corrected chi connectivity index (χ0v) is 15.0. The molecule has 2 aromatic heterocycles. The Kier molecular flexibility index (Phi) is 5.38. The normalized spacial score (nSPS) is 11.9. The molecule has 0 amide bonds. The molecule has 0 saturated heterocycles. The zero-order chi connectivity index (χ0) is 19.6. The van der Waals surface area contributed by atoms with Crippen LogP contribution in [-0.2, 0) is 13.1 Å². The molecule has 2 heterocycles. The number of hydrogen-bond donors (Lipinski definition) is 0. The molecule has 3 aromatic rings. The van der Waals surface area contributed by atoms with Crippen LogP contribution in [0.25, 0.3) is 5.65 Å². The molecular formula is C18H15ClF3N3O2. The van der Waals surface area contributed by atoms with Crippen molar-refractivity contribution in [2.24, 2.45) is 0 Å². The predicted molar refractivity (Wildman–Crippen MR) is 94.8 cm³/mol. The highest BCUT2D eigenvalue weighted by atomic mass is 35.5. The Morgan fingerprint density at radius 1 is 1.19 bits per heavy atom. The van der Waals surface area contributed by atoms with Gasteiger partial charge in [-0.25, -0.2) is 4.98 Å². The molecule has 0 aliphatic heterocycles. The minimum Gasteiger partial charge on any atom is -0.405 e. The molecule has 0 fully saturated rings. The molecule has 0 atom stereocenters. The Balaban J connectivity index is 1.79. The van der Waals surface area contributed by atoms with Crippen LogP contribution >= 0.6 is 11.6 Å². The van der Waals surface area contributed by atoms with E-state index in [-0.39, 0.29) is 24.4 Å². The average Bonchev–Trinajstić information content (AvgIpc) is 2.56. The van der Waals surface area contributed by atoms with Crippen LogP contribution in [0.15, 0.2) is 53.5 Å². The summed E-state index contributed by atoms with van der Waals surface area (Å²) in [7, 11) is 1.72. The van der Waals surface area contributed by atoms with Gasteiger partial charge in [0, 0.05) is 30.9 Å². The fourth-order valence-corrected chi connectivity index (χ4v) is 2.85. The van der Waals surface area contributed by atoms with E-state index >= 15 is 0 Å². The molecule has 0 unspecified atom stereocenters. The molecule has 0 saturated carbocycles. The first-order valence-corrected chi connectivity index (χ1v) is 8.29. The number of rotatable bonds is 5. The standard InChI is InChI=1S/C18H15ClF3N3O2/c1-24(9-12-4-2-3-5-15(12)27-18(20,21)22)11-14-8-17(26)25-10-13(19)6-7-16(25)23-14/h2-8,10H,9,11H2,1H3. The van der Waals surface area contributed by atoms with Crippen LogP contribution in [0, 0.1) is 0 Å². The molecule has 0 aliphatic rings. The van der Waals surface area contributed by atoms with Crippen molar-refractivity contribution in [1.29, 1.82) is 0 Å². The van der Waals surface area contributed by atoms with Gasteiger partial charge in [-0.2, -0.15) is 0 Å². The summed E-state index contributed by atoms with van der Waals surface area (Å²) in [4.78, 5) is 18.3. The first-order valence-electron chi connectivity index (χ1n) is 7.91. The van der Waals surface area contributed by atoms with Crippen molar-refractivity contribution < 1.29 is 17.9 Å². The van der Waals surface area contributed by atoms with Gasteiger partial charge in [0.15, 0.2) is 0 Å². The van der Waals surface area contributed by atoms with E-state index in [1.165, 1.54) is 28.8 Å². The Bertz CT molecular complexity index is 1020. The van der Waals surface area contributed by atoms with E-state index < -0.39 is 6.36 Å². The summed E-state index contributed by atoms with van der Waals surface area (Å²) in [6, 6.07) is 10.6. The maximum atomic E-state index is 12.5. The number of halogens is 4. The molecule has 0 aliphatic carbocycles. The fourth-order valence-electron chi connectivity index (χ4n) is 2.69. The van der Waals surface area contributed by atoms with Gasteiger partial charge in [-0.05, 0) is 25.2 Å².